The zero-order chi connectivity index (χ0) is 17.1. The first kappa shape index (κ1) is 16.3. The fourth-order valence-corrected chi connectivity index (χ4v) is 3.04. The Labute approximate surface area is 143 Å². The zero-order valence-corrected chi connectivity index (χ0v) is 13.8. The third kappa shape index (κ3) is 3.49. The van der Waals surface area contributed by atoms with Crippen LogP contribution in [0, 0.1) is 12.7 Å². The van der Waals surface area contributed by atoms with E-state index in [2.05, 4.69) is 5.32 Å². The first-order valence-electron chi connectivity index (χ1n) is 7.35. The molecule has 1 heterocycles. The number of imide groups is 1. The summed E-state index contributed by atoms with van der Waals surface area (Å²) < 4.78 is 13.7. The highest BCUT2D eigenvalue weighted by Gasteiger charge is 2.34. The van der Waals surface area contributed by atoms with Gasteiger partial charge >= 0.3 is 0 Å². The molecule has 4 nitrogen and oxygen atoms in total. The Balaban J connectivity index is 1.72. The Morgan fingerprint density at radius 1 is 1.12 bits per heavy atom. The number of nitrogens with one attached hydrogen (secondary N) is 1. The topological polar surface area (TPSA) is 49.4 Å². The van der Waals surface area contributed by atoms with Crippen molar-refractivity contribution in [2.45, 2.75) is 6.92 Å². The van der Waals surface area contributed by atoms with Crippen molar-refractivity contribution in [1.29, 1.82) is 0 Å². The van der Waals surface area contributed by atoms with Crippen molar-refractivity contribution in [1.82, 2.24) is 4.90 Å². The van der Waals surface area contributed by atoms with Crippen molar-refractivity contribution in [2.75, 3.05) is 12.0 Å². The van der Waals surface area contributed by atoms with Gasteiger partial charge in [-0.15, -0.1) is 0 Å². The van der Waals surface area contributed by atoms with Crippen LogP contribution < -0.4 is 5.32 Å². The van der Waals surface area contributed by atoms with Crippen LogP contribution >= 0.6 is 11.8 Å². The number of amides is 2. The SMILES string of the molecule is Cc1ccc(NCN2C(=O)SC(=Cc3ccccc3F)C2=O)cc1. The fourth-order valence-electron chi connectivity index (χ4n) is 2.21. The van der Waals surface area contributed by atoms with Gasteiger partial charge in [0.15, 0.2) is 0 Å². The van der Waals surface area contributed by atoms with Crippen molar-refractivity contribution < 1.29 is 14.0 Å². The van der Waals surface area contributed by atoms with Gasteiger partial charge in [0.05, 0.1) is 11.6 Å². The van der Waals surface area contributed by atoms with Crippen LogP contribution in [0.5, 0.6) is 0 Å². The van der Waals surface area contributed by atoms with Gasteiger partial charge in [0.2, 0.25) is 0 Å². The first-order valence-corrected chi connectivity index (χ1v) is 8.17. The lowest BCUT2D eigenvalue weighted by Gasteiger charge is -2.14. The van der Waals surface area contributed by atoms with Gasteiger partial charge in [0, 0.05) is 11.3 Å². The molecular weight excluding hydrogens is 327 g/mol. The lowest BCUT2D eigenvalue weighted by atomic mass is 10.2. The largest absolute Gasteiger partial charge is 0.367 e. The molecule has 1 aliphatic heterocycles. The maximum atomic E-state index is 13.7. The number of thioether (sulfide) groups is 1. The summed E-state index contributed by atoms with van der Waals surface area (Å²) in [6.45, 7) is 2.05. The number of carbonyl (C=O) groups is 2. The molecule has 2 amide bonds. The lowest BCUT2D eigenvalue weighted by Crippen LogP contribution is -2.33. The van der Waals surface area contributed by atoms with E-state index in [1.54, 1.807) is 18.2 Å². The number of aryl methyl sites for hydroxylation is 1. The molecule has 1 aliphatic rings. The first-order chi connectivity index (χ1) is 11.5. The standard InChI is InChI=1S/C18H15FN2O2S/c1-12-6-8-14(9-7-12)20-11-21-17(22)16(24-18(21)23)10-13-4-2-3-5-15(13)19/h2-10,20H,11H2,1H3. The average Bonchev–Trinajstić information content (AvgIpc) is 2.83. The molecule has 0 radical (unpaired) electrons. The quantitative estimate of drug-likeness (QED) is 0.845. The van der Waals surface area contributed by atoms with Gasteiger partial charge in [0.25, 0.3) is 11.1 Å². The highest BCUT2D eigenvalue weighted by molar-refractivity contribution is 8.18. The van der Waals surface area contributed by atoms with Gasteiger partial charge < -0.3 is 5.32 Å². The molecule has 2 aromatic carbocycles. The Morgan fingerprint density at radius 3 is 2.54 bits per heavy atom. The summed E-state index contributed by atoms with van der Waals surface area (Å²) in [6, 6.07) is 13.8. The van der Waals surface area contributed by atoms with Crippen molar-refractivity contribution in [3.8, 4) is 0 Å². The molecular formula is C18H15FN2O2S. The van der Waals surface area contributed by atoms with Crippen molar-refractivity contribution >= 4 is 34.7 Å². The number of carbonyl (C=O) groups excluding carboxylic acids is 2. The van der Waals surface area contributed by atoms with Gasteiger partial charge in [-0.1, -0.05) is 35.9 Å². The maximum Gasteiger partial charge on any atom is 0.295 e. The number of benzene rings is 2. The molecule has 24 heavy (non-hydrogen) atoms. The van der Waals surface area contributed by atoms with Gasteiger partial charge in [-0.05, 0) is 43.0 Å². The van der Waals surface area contributed by atoms with Crippen LogP contribution in [0.1, 0.15) is 11.1 Å². The summed E-state index contributed by atoms with van der Waals surface area (Å²) in [5.41, 5.74) is 2.23. The molecule has 3 rings (SSSR count). The summed E-state index contributed by atoms with van der Waals surface area (Å²) in [7, 11) is 0. The van der Waals surface area contributed by atoms with E-state index in [0.29, 0.717) is 0 Å². The third-order valence-electron chi connectivity index (χ3n) is 3.56. The normalized spacial score (nSPS) is 16.1. The Hall–Kier alpha value is -2.60. The van der Waals surface area contributed by atoms with Crippen LogP contribution in [-0.2, 0) is 4.79 Å². The number of halogens is 1. The smallest absolute Gasteiger partial charge is 0.295 e. The van der Waals surface area contributed by atoms with Gasteiger partial charge in [-0.2, -0.15) is 0 Å². The molecule has 0 aliphatic carbocycles. The molecule has 0 unspecified atom stereocenters. The lowest BCUT2D eigenvalue weighted by molar-refractivity contribution is -0.122. The molecule has 2 aromatic rings. The van der Waals surface area contributed by atoms with Gasteiger partial charge in [-0.25, -0.2) is 4.39 Å². The van der Waals surface area contributed by atoms with E-state index in [1.807, 2.05) is 31.2 Å². The predicted octanol–water partition coefficient (Wildman–Crippen LogP) is 4.24. The van der Waals surface area contributed by atoms with Crippen LogP contribution in [0.25, 0.3) is 6.08 Å². The molecule has 1 N–H and O–H groups in total. The van der Waals surface area contributed by atoms with E-state index in [0.717, 1.165) is 27.9 Å². The minimum absolute atomic E-state index is 0.0718. The molecule has 0 saturated carbocycles. The van der Waals surface area contributed by atoms with E-state index in [-0.39, 0.29) is 22.4 Å². The van der Waals surface area contributed by atoms with E-state index in [1.165, 1.54) is 12.1 Å². The van der Waals surface area contributed by atoms with E-state index < -0.39 is 11.7 Å². The summed E-state index contributed by atoms with van der Waals surface area (Å²) in [6.07, 6.45) is 1.41. The van der Waals surface area contributed by atoms with Crippen molar-refractivity contribution in [2.24, 2.45) is 0 Å². The molecule has 122 valence electrons. The highest BCUT2D eigenvalue weighted by Crippen LogP contribution is 2.32. The molecule has 0 bridgehead atoms. The van der Waals surface area contributed by atoms with E-state index >= 15 is 0 Å². The number of anilines is 1. The summed E-state index contributed by atoms with van der Waals surface area (Å²) >= 11 is 0.815. The number of hydrogen-bond donors (Lipinski definition) is 1. The van der Waals surface area contributed by atoms with Crippen LogP contribution in [0.2, 0.25) is 0 Å². The molecule has 0 spiro atoms. The van der Waals surface area contributed by atoms with Crippen LogP contribution in [-0.4, -0.2) is 22.7 Å². The second-order valence-corrected chi connectivity index (χ2v) is 6.33. The molecule has 6 heteroatoms. The zero-order valence-electron chi connectivity index (χ0n) is 13.0. The highest BCUT2D eigenvalue weighted by atomic mass is 32.2. The summed E-state index contributed by atoms with van der Waals surface area (Å²) in [5, 5.41) is 2.67. The molecule has 0 aromatic heterocycles. The maximum absolute atomic E-state index is 13.7. The number of hydrogen-bond acceptors (Lipinski definition) is 4. The van der Waals surface area contributed by atoms with Crippen LogP contribution in [0.15, 0.2) is 53.4 Å². The average molecular weight is 342 g/mol. The van der Waals surface area contributed by atoms with Gasteiger partial charge in [0.1, 0.15) is 5.82 Å². The second kappa shape index (κ2) is 6.88. The van der Waals surface area contributed by atoms with E-state index in [9.17, 15) is 14.0 Å². The summed E-state index contributed by atoms with van der Waals surface area (Å²) in [4.78, 5) is 25.7. The molecule has 0 atom stereocenters. The molecule has 1 saturated heterocycles. The van der Waals surface area contributed by atoms with Crippen molar-refractivity contribution in [3.63, 3.8) is 0 Å². The van der Waals surface area contributed by atoms with E-state index in [4.69, 9.17) is 0 Å². The van der Waals surface area contributed by atoms with Crippen molar-refractivity contribution in [3.05, 3.63) is 70.4 Å². The minimum atomic E-state index is -0.429. The number of nitrogens with zero attached hydrogens (tertiary/aromatic N) is 1. The van der Waals surface area contributed by atoms with Crippen LogP contribution in [0.4, 0.5) is 14.9 Å². The summed E-state index contributed by atoms with van der Waals surface area (Å²) in [5.74, 6) is -0.852. The van der Waals surface area contributed by atoms with Gasteiger partial charge in [-0.3, -0.25) is 14.5 Å². The third-order valence-corrected chi connectivity index (χ3v) is 4.47. The predicted molar refractivity (Wildman–Crippen MR) is 93.9 cm³/mol. The Morgan fingerprint density at radius 2 is 1.83 bits per heavy atom. The second-order valence-electron chi connectivity index (χ2n) is 5.33. The minimum Gasteiger partial charge on any atom is -0.367 e. The monoisotopic (exact) mass is 342 g/mol. The van der Waals surface area contributed by atoms with Crippen LogP contribution in [0.3, 0.4) is 0 Å². The number of rotatable bonds is 4. The fraction of sp³-hybridized carbons (Fsp3) is 0.111. The Kier molecular flexibility index (Phi) is 4.66. The molecule has 1 fully saturated rings. The Bertz CT molecular complexity index is 818.